The van der Waals surface area contributed by atoms with E-state index in [-0.39, 0.29) is 5.69 Å². The predicted octanol–water partition coefficient (Wildman–Crippen LogP) is 1.48. The average molecular weight is 272 g/mol. The lowest BCUT2D eigenvalue weighted by Crippen LogP contribution is -2.11. The fourth-order valence-corrected chi connectivity index (χ4v) is 1.69. The summed E-state index contributed by atoms with van der Waals surface area (Å²) in [5.74, 6) is -3.23. The van der Waals surface area contributed by atoms with E-state index in [4.69, 9.17) is 5.11 Å². The van der Waals surface area contributed by atoms with Gasteiger partial charge < -0.3 is 10.2 Å². The van der Waals surface area contributed by atoms with E-state index in [1.807, 2.05) is 30.3 Å². The van der Waals surface area contributed by atoms with Crippen molar-refractivity contribution in [1.29, 1.82) is 0 Å². The van der Waals surface area contributed by atoms with Gasteiger partial charge in [-0.05, 0) is 11.6 Å². The summed E-state index contributed by atoms with van der Waals surface area (Å²) in [6.07, 6.45) is 2.13. The molecular weight excluding hydrogens is 260 g/mol. The van der Waals surface area contributed by atoms with Gasteiger partial charge in [-0.3, -0.25) is 9.48 Å². The standard InChI is InChI=1S/C14H12N2O4/c17-12(8-13(18)14(19)20)11-6-7-15-16(11)9-10-4-2-1-3-5-10/h1-8,17H,9H2,(H,19,20). The van der Waals surface area contributed by atoms with Gasteiger partial charge in [-0.1, -0.05) is 30.3 Å². The first-order valence-corrected chi connectivity index (χ1v) is 5.82. The van der Waals surface area contributed by atoms with Crippen LogP contribution in [0.4, 0.5) is 0 Å². The van der Waals surface area contributed by atoms with Gasteiger partial charge in [-0.2, -0.15) is 5.10 Å². The number of aliphatic hydroxyl groups is 1. The monoisotopic (exact) mass is 272 g/mol. The van der Waals surface area contributed by atoms with Crippen molar-refractivity contribution in [3.05, 3.63) is 59.9 Å². The highest BCUT2D eigenvalue weighted by molar-refractivity contribution is 6.38. The lowest BCUT2D eigenvalue weighted by molar-refractivity contribution is -0.146. The molecule has 1 heterocycles. The fourth-order valence-electron chi connectivity index (χ4n) is 1.69. The maximum Gasteiger partial charge on any atom is 0.376 e. The Labute approximate surface area is 114 Å². The van der Waals surface area contributed by atoms with Crippen LogP contribution in [0.15, 0.2) is 48.7 Å². The van der Waals surface area contributed by atoms with Crippen molar-refractivity contribution < 1.29 is 19.8 Å². The van der Waals surface area contributed by atoms with E-state index in [9.17, 15) is 14.7 Å². The number of benzene rings is 1. The van der Waals surface area contributed by atoms with E-state index in [1.165, 1.54) is 16.9 Å². The summed E-state index contributed by atoms with van der Waals surface area (Å²) >= 11 is 0. The minimum atomic E-state index is -1.62. The van der Waals surface area contributed by atoms with Gasteiger partial charge in [0, 0.05) is 12.3 Å². The summed E-state index contributed by atoms with van der Waals surface area (Å²) in [6, 6.07) is 10.9. The minimum Gasteiger partial charge on any atom is -0.506 e. The molecule has 6 heteroatoms. The number of hydrogen-bond acceptors (Lipinski definition) is 4. The van der Waals surface area contributed by atoms with Crippen LogP contribution < -0.4 is 0 Å². The van der Waals surface area contributed by atoms with Crippen molar-refractivity contribution in [1.82, 2.24) is 9.78 Å². The summed E-state index contributed by atoms with van der Waals surface area (Å²) in [5, 5.41) is 22.4. The molecule has 0 amide bonds. The van der Waals surface area contributed by atoms with Crippen molar-refractivity contribution in [2.75, 3.05) is 0 Å². The van der Waals surface area contributed by atoms with Gasteiger partial charge in [0.15, 0.2) is 0 Å². The van der Waals surface area contributed by atoms with Crippen LogP contribution in [0.25, 0.3) is 5.76 Å². The second-order valence-corrected chi connectivity index (χ2v) is 4.06. The third kappa shape index (κ3) is 3.11. The normalized spacial score (nSPS) is 11.3. The number of hydrogen-bond donors (Lipinski definition) is 2. The number of aromatic nitrogens is 2. The molecule has 20 heavy (non-hydrogen) atoms. The first kappa shape index (κ1) is 13.5. The van der Waals surface area contributed by atoms with Crippen molar-refractivity contribution >= 4 is 17.5 Å². The van der Waals surface area contributed by atoms with E-state index in [0.717, 1.165) is 5.56 Å². The Morgan fingerprint density at radius 2 is 1.85 bits per heavy atom. The molecule has 102 valence electrons. The Morgan fingerprint density at radius 1 is 1.15 bits per heavy atom. The molecule has 0 aliphatic carbocycles. The molecule has 2 aromatic rings. The van der Waals surface area contributed by atoms with Crippen LogP contribution in [-0.2, 0) is 16.1 Å². The largest absolute Gasteiger partial charge is 0.506 e. The Morgan fingerprint density at radius 3 is 2.50 bits per heavy atom. The zero-order valence-corrected chi connectivity index (χ0v) is 10.4. The van der Waals surface area contributed by atoms with Crippen LogP contribution in [0, 0.1) is 0 Å². The van der Waals surface area contributed by atoms with E-state index in [0.29, 0.717) is 12.6 Å². The molecule has 1 aromatic carbocycles. The molecule has 2 rings (SSSR count). The summed E-state index contributed by atoms with van der Waals surface area (Å²) < 4.78 is 1.48. The van der Waals surface area contributed by atoms with Gasteiger partial charge in [0.05, 0.1) is 6.54 Å². The van der Waals surface area contributed by atoms with E-state index >= 15 is 0 Å². The quantitative estimate of drug-likeness (QED) is 0.488. The zero-order chi connectivity index (χ0) is 14.5. The van der Waals surface area contributed by atoms with Crippen molar-refractivity contribution in [3.8, 4) is 0 Å². The SMILES string of the molecule is O=C(O)C(=O)C=C(O)c1ccnn1Cc1ccccc1. The molecule has 0 aliphatic heterocycles. The third-order valence-electron chi connectivity index (χ3n) is 2.63. The molecule has 0 aliphatic rings. The number of carbonyl (C=O) groups excluding carboxylic acids is 1. The highest BCUT2D eigenvalue weighted by Gasteiger charge is 2.13. The molecule has 0 fully saturated rings. The topological polar surface area (TPSA) is 92.4 Å². The lowest BCUT2D eigenvalue weighted by atomic mass is 10.2. The number of carboxylic acid groups (broad SMARTS) is 1. The molecule has 0 bridgehead atoms. The molecule has 0 saturated carbocycles. The number of rotatable bonds is 5. The van der Waals surface area contributed by atoms with Crippen molar-refractivity contribution in [3.63, 3.8) is 0 Å². The first-order valence-electron chi connectivity index (χ1n) is 5.82. The van der Waals surface area contributed by atoms with Gasteiger partial charge in [0.2, 0.25) is 0 Å². The van der Waals surface area contributed by atoms with Gasteiger partial charge in [0.1, 0.15) is 11.5 Å². The lowest BCUT2D eigenvalue weighted by Gasteiger charge is -2.06. The van der Waals surface area contributed by atoms with Crippen LogP contribution in [0.1, 0.15) is 11.3 Å². The molecule has 0 spiro atoms. The Hall–Kier alpha value is -2.89. The van der Waals surface area contributed by atoms with Crippen LogP contribution in [0.2, 0.25) is 0 Å². The summed E-state index contributed by atoms with van der Waals surface area (Å²) in [4.78, 5) is 21.5. The molecule has 0 atom stereocenters. The molecule has 2 N–H and O–H groups in total. The van der Waals surface area contributed by atoms with Crippen molar-refractivity contribution in [2.24, 2.45) is 0 Å². The molecule has 1 aromatic heterocycles. The molecule has 0 radical (unpaired) electrons. The second-order valence-electron chi connectivity index (χ2n) is 4.06. The van der Waals surface area contributed by atoms with E-state index < -0.39 is 17.5 Å². The van der Waals surface area contributed by atoms with Gasteiger partial charge >= 0.3 is 5.97 Å². The van der Waals surface area contributed by atoms with Crippen LogP contribution in [0.5, 0.6) is 0 Å². The molecule has 0 saturated heterocycles. The van der Waals surface area contributed by atoms with Gasteiger partial charge in [-0.15, -0.1) is 0 Å². The number of nitrogens with zero attached hydrogens (tertiary/aromatic N) is 2. The maximum atomic E-state index is 11.1. The molecule has 6 nitrogen and oxygen atoms in total. The van der Waals surface area contributed by atoms with Crippen LogP contribution in [-0.4, -0.2) is 31.7 Å². The van der Waals surface area contributed by atoms with E-state index in [1.54, 1.807) is 0 Å². The number of aliphatic hydroxyl groups excluding tert-OH is 1. The number of carbonyl (C=O) groups is 2. The second kappa shape index (κ2) is 5.83. The van der Waals surface area contributed by atoms with Gasteiger partial charge in [-0.25, -0.2) is 4.79 Å². The summed E-state index contributed by atoms with van der Waals surface area (Å²) in [6.45, 7) is 0.405. The predicted molar refractivity (Wildman–Crippen MR) is 71.0 cm³/mol. The number of carboxylic acids is 1. The Balaban J connectivity index is 2.25. The molecule has 0 unspecified atom stereocenters. The smallest absolute Gasteiger partial charge is 0.376 e. The highest BCUT2D eigenvalue weighted by atomic mass is 16.4. The highest BCUT2D eigenvalue weighted by Crippen LogP contribution is 2.13. The first-order chi connectivity index (χ1) is 9.58. The molecular formula is C14H12N2O4. The summed E-state index contributed by atoms with van der Waals surface area (Å²) in [5.41, 5.74) is 1.25. The Bertz CT molecular complexity index is 659. The zero-order valence-electron chi connectivity index (χ0n) is 10.4. The van der Waals surface area contributed by atoms with E-state index in [2.05, 4.69) is 5.10 Å². The van der Waals surface area contributed by atoms with Crippen molar-refractivity contribution in [2.45, 2.75) is 6.54 Å². The maximum absolute atomic E-state index is 11.1. The number of aliphatic carboxylic acids is 1. The van der Waals surface area contributed by atoms with Gasteiger partial charge in [0.25, 0.3) is 5.78 Å². The Kier molecular flexibility index (Phi) is 3.95. The average Bonchev–Trinajstić information content (AvgIpc) is 2.88. The third-order valence-corrected chi connectivity index (χ3v) is 2.63. The number of ketones is 1. The van der Waals surface area contributed by atoms with Crippen LogP contribution >= 0.6 is 0 Å². The minimum absolute atomic E-state index is 0.281. The summed E-state index contributed by atoms with van der Waals surface area (Å²) in [7, 11) is 0. The fraction of sp³-hybridized carbons (Fsp3) is 0.0714. The van der Waals surface area contributed by atoms with Crippen LogP contribution in [0.3, 0.4) is 0 Å².